The van der Waals surface area contributed by atoms with Gasteiger partial charge in [-0.05, 0) is 53.6 Å². The molecule has 31 heavy (non-hydrogen) atoms. The Morgan fingerprint density at radius 2 is 1.84 bits per heavy atom. The van der Waals surface area contributed by atoms with E-state index in [1.165, 1.54) is 30.5 Å². The highest BCUT2D eigenvalue weighted by Gasteiger charge is 2.14. The average molecular weight is 440 g/mol. The Bertz CT molecular complexity index is 1180. The highest BCUT2D eigenvalue weighted by molar-refractivity contribution is 7.89. The van der Waals surface area contributed by atoms with Crippen molar-refractivity contribution in [3.8, 4) is 0 Å². The van der Waals surface area contributed by atoms with E-state index in [0.29, 0.717) is 22.5 Å². The van der Waals surface area contributed by atoms with Gasteiger partial charge < -0.3 is 14.9 Å². The number of carbonyl (C=O) groups is 2. The van der Waals surface area contributed by atoms with E-state index < -0.39 is 21.9 Å². The Balaban J connectivity index is 1.54. The van der Waals surface area contributed by atoms with Gasteiger partial charge in [0.25, 0.3) is 0 Å². The number of nitrogens with one attached hydrogen (secondary N) is 1. The minimum absolute atomic E-state index is 0.0111. The number of rotatable bonds is 9. The number of amides is 1. The molecule has 0 aliphatic rings. The molecule has 1 aromatic heterocycles. The van der Waals surface area contributed by atoms with Gasteiger partial charge in [-0.25, -0.2) is 17.9 Å². The number of nitrogens with two attached hydrogens (primary N) is 1. The molecular weight excluding hydrogens is 420 g/mol. The summed E-state index contributed by atoms with van der Waals surface area (Å²) in [6, 6.07) is 15.8. The van der Waals surface area contributed by atoms with Crippen molar-refractivity contribution in [2.75, 3.05) is 0 Å². The SMILES string of the molecule is NC(=O)c1cccc(COC(=O)/C=C/c2ccc(S(=O)(=O)NCc3ccco3)cc2)c1. The van der Waals surface area contributed by atoms with Crippen molar-refractivity contribution in [1.82, 2.24) is 4.72 Å². The number of benzene rings is 2. The fourth-order valence-electron chi connectivity index (χ4n) is 2.60. The first kappa shape index (κ1) is 22.0. The second kappa shape index (κ2) is 9.88. The summed E-state index contributed by atoms with van der Waals surface area (Å²) in [6.07, 6.45) is 4.21. The van der Waals surface area contributed by atoms with E-state index in [1.807, 2.05) is 0 Å². The second-order valence-corrected chi connectivity index (χ2v) is 8.25. The summed E-state index contributed by atoms with van der Waals surface area (Å²) in [6.45, 7) is 0.0357. The minimum Gasteiger partial charge on any atom is -0.468 e. The molecule has 0 bridgehead atoms. The predicted octanol–water partition coefficient (Wildman–Crippen LogP) is 2.61. The maximum Gasteiger partial charge on any atom is 0.331 e. The summed E-state index contributed by atoms with van der Waals surface area (Å²) in [5, 5.41) is 0. The van der Waals surface area contributed by atoms with E-state index in [-0.39, 0.29) is 18.0 Å². The molecule has 2 aromatic carbocycles. The molecule has 1 heterocycles. The molecule has 9 heteroatoms. The molecule has 1 amide bonds. The zero-order chi connectivity index (χ0) is 22.3. The fraction of sp³-hybridized carbons (Fsp3) is 0.0909. The van der Waals surface area contributed by atoms with Crippen molar-refractivity contribution in [2.45, 2.75) is 18.0 Å². The van der Waals surface area contributed by atoms with Gasteiger partial charge in [0.15, 0.2) is 0 Å². The molecule has 0 fully saturated rings. The summed E-state index contributed by atoms with van der Waals surface area (Å²) in [7, 11) is -3.69. The molecule has 0 aliphatic carbocycles. The summed E-state index contributed by atoms with van der Waals surface area (Å²) >= 11 is 0. The maximum atomic E-state index is 12.3. The number of hydrogen-bond acceptors (Lipinski definition) is 6. The van der Waals surface area contributed by atoms with Crippen molar-refractivity contribution >= 4 is 28.0 Å². The molecule has 0 saturated heterocycles. The van der Waals surface area contributed by atoms with Crippen LogP contribution in [0.25, 0.3) is 6.08 Å². The summed E-state index contributed by atoms with van der Waals surface area (Å²) in [5.74, 6) is -0.640. The third-order valence-electron chi connectivity index (χ3n) is 4.21. The minimum atomic E-state index is -3.69. The van der Waals surface area contributed by atoms with E-state index in [0.717, 1.165) is 0 Å². The molecule has 3 aromatic rings. The zero-order valence-corrected chi connectivity index (χ0v) is 17.2. The van der Waals surface area contributed by atoms with Crippen molar-refractivity contribution in [2.24, 2.45) is 5.73 Å². The molecule has 0 aliphatic heterocycles. The number of furan rings is 1. The number of primary amides is 1. The zero-order valence-electron chi connectivity index (χ0n) is 16.4. The van der Waals surface area contributed by atoms with E-state index in [2.05, 4.69) is 4.72 Å². The quantitative estimate of drug-likeness (QED) is 0.389. The van der Waals surface area contributed by atoms with Gasteiger partial charge in [0.1, 0.15) is 12.4 Å². The van der Waals surface area contributed by atoms with Crippen molar-refractivity contribution < 1.29 is 27.2 Å². The lowest BCUT2D eigenvalue weighted by molar-refractivity contribution is -0.138. The first-order valence-corrected chi connectivity index (χ1v) is 10.7. The molecule has 8 nitrogen and oxygen atoms in total. The Kier molecular flexibility index (Phi) is 7.01. The third-order valence-corrected chi connectivity index (χ3v) is 5.63. The Morgan fingerprint density at radius 3 is 2.52 bits per heavy atom. The van der Waals surface area contributed by atoms with Gasteiger partial charge in [-0.15, -0.1) is 0 Å². The van der Waals surface area contributed by atoms with E-state index >= 15 is 0 Å². The first-order chi connectivity index (χ1) is 14.8. The topological polar surface area (TPSA) is 129 Å². The number of carbonyl (C=O) groups excluding carboxylic acids is 2. The van der Waals surface area contributed by atoms with Gasteiger partial charge in [0.05, 0.1) is 17.7 Å². The van der Waals surface area contributed by atoms with Crippen LogP contribution < -0.4 is 10.5 Å². The first-order valence-electron chi connectivity index (χ1n) is 9.19. The van der Waals surface area contributed by atoms with Crippen LogP contribution in [0.5, 0.6) is 0 Å². The van der Waals surface area contributed by atoms with Gasteiger partial charge in [0, 0.05) is 11.6 Å². The van der Waals surface area contributed by atoms with Crippen molar-refractivity contribution in [3.05, 3.63) is 95.5 Å². The van der Waals surface area contributed by atoms with Crippen LogP contribution in [0.1, 0.15) is 27.2 Å². The number of hydrogen-bond donors (Lipinski definition) is 2. The van der Waals surface area contributed by atoms with Crippen LogP contribution in [0.2, 0.25) is 0 Å². The lowest BCUT2D eigenvalue weighted by atomic mass is 10.1. The molecule has 0 saturated carbocycles. The number of ether oxygens (including phenoxy) is 1. The van der Waals surface area contributed by atoms with Gasteiger partial charge >= 0.3 is 5.97 Å². The van der Waals surface area contributed by atoms with E-state index in [4.69, 9.17) is 14.9 Å². The molecule has 0 spiro atoms. The molecule has 3 N–H and O–H groups in total. The van der Waals surface area contributed by atoms with Gasteiger partial charge in [0.2, 0.25) is 15.9 Å². The number of esters is 1. The smallest absolute Gasteiger partial charge is 0.331 e. The predicted molar refractivity (Wildman–Crippen MR) is 113 cm³/mol. The Labute approximate surface area is 179 Å². The molecule has 0 atom stereocenters. The van der Waals surface area contributed by atoms with Crippen LogP contribution in [-0.4, -0.2) is 20.3 Å². The van der Waals surface area contributed by atoms with E-state index in [1.54, 1.807) is 48.5 Å². The summed E-state index contributed by atoms with van der Waals surface area (Å²) < 4.78 is 37.3. The molecule has 3 rings (SSSR count). The Morgan fingerprint density at radius 1 is 1.06 bits per heavy atom. The van der Waals surface area contributed by atoms with E-state index in [9.17, 15) is 18.0 Å². The monoisotopic (exact) mass is 440 g/mol. The van der Waals surface area contributed by atoms with Crippen molar-refractivity contribution in [1.29, 1.82) is 0 Å². The molecule has 0 radical (unpaired) electrons. The molecule has 160 valence electrons. The Hall–Kier alpha value is -3.69. The lowest BCUT2D eigenvalue weighted by Crippen LogP contribution is -2.22. The molecule has 0 unspecified atom stereocenters. The third kappa shape index (κ3) is 6.39. The standard InChI is InChI=1S/C22H20N2O6S/c23-22(26)18-4-1-3-17(13-18)15-30-21(25)11-8-16-6-9-20(10-7-16)31(27,28)24-14-19-5-2-12-29-19/h1-13,24H,14-15H2,(H2,23,26)/b11-8+. The lowest BCUT2D eigenvalue weighted by Gasteiger charge is -2.06. The number of sulfonamides is 1. The summed E-state index contributed by atoms with van der Waals surface area (Å²) in [4.78, 5) is 23.2. The fourth-order valence-corrected chi connectivity index (χ4v) is 3.60. The van der Waals surface area contributed by atoms with Gasteiger partial charge in [-0.1, -0.05) is 24.3 Å². The normalized spacial score (nSPS) is 11.5. The highest BCUT2D eigenvalue weighted by Crippen LogP contribution is 2.13. The second-order valence-electron chi connectivity index (χ2n) is 6.48. The van der Waals surface area contributed by atoms with Crippen molar-refractivity contribution in [3.63, 3.8) is 0 Å². The van der Waals surface area contributed by atoms with Crippen LogP contribution in [0, 0.1) is 0 Å². The maximum absolute atomic E-state index is 12.3. The van der Waals surface area contributed by atoms with Gasteiger partial charge in [-0.3, -0.25) is 4.79 Å². The van der Waals surface area contributed by atoms with Crippen LogP contribution in [-0.2, 0) is 32.7 Å². The van der Waals surface area contributed by atoms with Crippen LogP contribution in [0.4, 0.5) is 0 Å². The summed E-state index contributed by atoms with van der Waals surface area (Å²) in [5.41, 5.74) is 6.81. The van der Waals surface area contributed by atoms with Crippen LogP contribution in [0.3, 0.4) is 0 Å². The highest BCUT2D eigenvalue weighted by atomic mass is 32.2. The van der Waals surface area contributed by atoms with Gasteiger partial charge in [-0.2, -0.15) is 0 Å². The molecular formula is C22H20N2O6S. The largest absolute Gasteiger partial charge is 0.468 e. The average Bonchev–Trinajstić information content (AvgIpc) is 3.29. The van der Waals surface area contributed by atoms with Crippen LogP contribution in [0.15, 0.2) is 82.3 Å². The van der Waals surface area contributed by atoms with Crippen LogP contribution >= 0.6 is 0 Å².